The quantitative estimate of drug-likeness (QED) is 0.501. The number of rotatable bonds is 5. The average Bonchev–Trinajstić information content (AvgIpc) is 3.13. The van der Waals surface area contributed by atoms with Crippen LogP contribution >= 0.6 is 0 Å². The fourth-order valence-electron chi connectivity index (χ4n) is 5.08. The van der Waals surface area contributed by atoms with Crippen molar-refractivity contribution < 1.29 is 23.9 Å². The second-order valence-electron chi connectivity index (χ2n) is 9.37. The molecule has 3 saturated heterocycles. The van der Waals surface area contributed by atoms with E-state index < -0.39 is 12.0 Å². The molecule has 0 unspecified atom stereocenters. The molecule has 0 saturated carbocycles. The number of carbonyl (C=O) groups excluding carboxylic acids is 4. The summed E-state index contributed by atoms with van der Waals surface area (Å²) in [4.78, 5) is 55.8. The van der Waals surface area contributed by atoms with Gasteiger partial charge in [-0.05, 0) is 75.9 Å². The highest BCUT2D eigenvalue weighted by molar-refractivity contribution is 6.22. The first-order chi connectivity index (χ1) is 15.9. The topological polar surface area (TPSA) is 87.2 Å². The largest absolute Gasteiger partial charge is 0.462 e. The molecule has 3 aliphatic heterocycles. The number of nitrogens with zero attached hydrogens (tertiary/aromatic N) is 3. The molecule has 3 aliphatic rings. The van der Waals surface area contributed by atoms with Crippen LogP contribution in [0.1, 0.15) is 56.3 Å². The molecule has 178 valence electrons. The summed E-state index contributed by atoms with van der Waals surface area (Å²) in [6, 6.07) is 5.86. The number of benzene rings is 1. The summed E-state index contributed by atoms with van der Waals surface area (Å²) in [6.07, 6.45) is 3.72. The highest BCUT2D eigenvalue weighted by atomic mass is 16.5. The first-order valence-corrected chi connectivity index (χ1v) is 12.1. The lowest BCUT2D eigenvalue weighted by Gasteiger charge is -2.38. The number of piperidine rings is 2. The molecule has 33 heavy (non-hydrogen) atoms. The summed E-state index contributed by atoms with van der Waals surface area (Å²) in [7, 11) is 0. The molecule has 0 N–H and O–H groups in total. The van der Waals surface area contributed by atoms with Crippen LogP contribution in [0, 0.1) is 11.8 Å². The van der Waals surface area contributed by atoms with E-state index in [4.69, 9.17) is 4.74 Å². The maximum absolute atomic E-state index is 13.1. The Morgan fingerprint density at radius 3 is 2.21 bits per heavy atom. The SMILES string of the molecule is CCOC(=O)c1ccc(N2C(=O)C[C@@H](N3CCC(C(=O)N4CCC(C)CC4)CC3)C2=O)cc1. The lowest BCUT2D eigenvalue weighted by atomic mass is 9.92. The maximum Gasteiger partial charge on any atom is 0.338 e. The molecule has 0 bridgehead atoms. The van der Waals surface area contributed by atoms with Gasteiger partial charge < -0.3 is 9.64 Å². The van der Waals surface area contributed by atoms with Crippen LogP contribution in [0.25, 0.3) is 0 Å². The van der Waals surface area contributed by atoms with Gasteiger partial charge in [0, 0.05) is 19.0 Å². The van der Waals surface area contributed by atoms with Crippen molar-refractivity contribution in [2.24, 2.45) is 11.8 Å². The average molecular weight is 456 g/mol. The molecule has 3 heterocycles. The Bertz CT molecular complexity index is 899. The number of ether oxygens (including phenoxy) is 1. The number of carbonyl (C=O) groups is 4. The number of hydrogen-bond donors (Lipinski definition) is 0. The molecule has 1 aromatic rings. The van der Waals surface area contributed by atoms with Gasteiger partial charge >= 0.3 is 5.97 Å². The Kier molecular flexibility index (Phi) is 7.12. The molecule has 8 nitrogen and oxygen atoms in total. The number of esters is 1. The van der Waals surface area contributed by atoms with Crippen LogP contribution < -0.4 is 4.90 Å². The zero-order valence-corrected chi connectivity index (χ0v) is 19.5. The first kappa shape index (κ1) is 23.4. The van der Waals surface area contributed by atoms with Crippen molar-refractivity contribution in [2.75, 3.05) is 37.7 Å². The number of hydrogen-bond acceptors (Lipinski definition) is 6. The minimum atomic E-state index is -0.492. The minimum Gasteiger partial charge on any atom is -0.462 e. The van der Waals surface area contributed by atoms with E-state index in [1.807, 2.05) is 4.90 Å². The van der Waals surface area contributed by atoms with Gasteiger partial charge in [0.05, 0.1) is 30.3 Å². The van der Waals surface area contributed by atoms with Gasteiger partial charge in [0.15, 0.2) is 0 Å². The summed E-state index contributed by atoms with van der Waals surface area (Å²) >= 11 is 0. The highest BCUT2D eigenvalue weighted by Crippen LogP contribution is 2.30. The van der Waals surface area contributed by atoms with Gasteiger partial charge in [-0.15, -0.1) is 0 Å². The molecule has 4 rings (SSSR count). The van der Waals surface area contributed by atoms with E-state index in [2.05, 4.69) is 11.8 Å². The van der Waals surface area contributed by atoms with Crippen molar-refractivity contribution in [3.63, 3.8) is 0 Å². The normalized spacial score (nSPS) is 23.3. The van der Waals surface area contributed by atoms with Crippen molar-refractivity contribution in [2.45, 2.75) is 52.0 Å². The number of anilines is 1. The van der Waals surface area contributed by atoms with E-state index in [1.165, 1.54) is 4.90 Å². The van der Waals surface area contributed by atoms with Gasteiger partial charge in [-0.3, -0.25) is 19.3 Å². The molecule has 0 radical (unpaired) electrons. The molecular formula is C25H33N3O5. The second-order valence-corrected chi connectivity index (χ2v) is 9.37. The molecule has 0 aliphatic carbocycles. The van der Waals surface area contributed by atoms with Crippen LogP contribution in [-0.2, 0) is 19.1 Å². The molecule has 3 fully saturated rings. The third kappa shape index (κ3) is 4.95. The highest BCUT2D eigenvalue weighted by Gasteiger charge is 2.44. The van der Waals surface area contributed by atoms with Gasteiger partial charge in [-0.1, -0.05) is 6.92 Å². The van der Waals surface area contributed by atoms with Crippen LogP contribution in [-0.4, -0.2) is 72.3 Å². The second kappa shape index (κ2) is 10.0. The fourth-order valence-corrected chi connectivity index (χ4v) is 5.08. The fraction of sp³-hybridized carbons (Fsp3) is 0.600. The van der Waals surface area contributed by atoms with Gasteiger partial charge in [0.25, 0.3) is 5.91 Å². The maximum atomic E-state index is 13.1. The molecule has 8 heteroatoms. The van der Waals surface area contributed by atoms with Crippen molar-refractivity contribution in [3.05, 3.63) is 29.8 Å². The van der Waals surface area contributed by atoms with E-state index in [-0.39, 0.29) is 36.7 Å². The number of amides is 3. The predicted octanol–water partition coefficient (Wildman–Crippen LogP) is 2.47. The van der Waals surface area contributed by atoms with Crippen molar-refractivity contribution in [1.82, 2.24) is 9.80 Å². The Balaban J connectivity index is 1.34. The van der Waals surface area contributed by atoms with E-state index >= 15 is 0 Å². The Labute approximate surface area is 194 Å². The number of imide groups is 1. The summed E-state index contributed by atoms with van der Waals surface area (Å²) in [6.45, 7) is 7.23. The molecule has 0 spiro atoms. The van der Waals surface area contributed by atoms with Crippen molar-refractivity contribution in [1.29, 1.82) is 0 Å². The van der Waals surface area contributed by atoms with E-state index in [1.54, 1.807) is 31.2 Å². The predicted molar refractivity (Wildman–Crippen MR) is 123 cm³/mol. The van der Waals surface area contributed by atoms with Gasteiger partial charge in [-0.25, -0.2) is 9.69 Å². The molecule has 1 atom stereocenters. The van der Waals surface area contributed by atoms with Gasteiger partial charge in [0.1, 0.15) is 0 Å². The van der Waals surface area contributed by atoms with Crippen molar-refractivity contribution in [3.8, 4) is 0 Å². The third-order valence-electron chi connectivity index (χ3n) is 7.17. The first-order valence-electron chi connectivity index (χ1n) is 12.1. The Hall–Kier alpha value is -2.74. The van der Waals surface area contributed by atoms with E-state index in [0.717, 1.165) is 38.8 Å². The zero-order valence-electron chi connectivity index (χ0n) is 19.5. The van der Waals surface area contributed by atoms with Gasteiger partial charge in [-0.2, -0.15) is 0 Å². The molecule has 0 aromatic heterocycles. The van der Waals surface area contributed by atoms with Crippen LogP contribution in [0.4, 0.5) is 5.69 Å². The zero-order chi connectivity index (χ0) is 23.5. The third-order valence-corrected chi connectivity index (χ3v) is 7.17. The number of likely N-dealkylation sites (tertiary alicyclic amines) is 2. The van der Waals surface area contributed by atoms with Crippen LogP contribution in [0.5, 0.6) is 0 Å². The smallest absolute Gasteiger partial charge is 0.338 e. The summed E-state index contributed by atoms with van der Waals surface area (Å²) in [5.74, 6) is 0.0314. The summed E-state index contributed by atoms with van der Waals surface area (Å²) < 4.78 is 4.98. The summed E-state index contributed by atoms with van der Waals surface area (Å²) in [5, 5.41) is 0. The van der Waals surface area contributed by atoms with Crippen LogP contribution in [0.2, 0.25) is 0 Å². The summed E-state index contributed by atoms with van der Waals surface area (Å²) in [5.41, 5.74) is 0.844. The molecule has 3 amide bonds. The Morgan fingerprint density at radius 2 is 1.61 bits per heavy atom. The minimum absolute atomic E-state index is 0.00777. The Morgan fingerprint density at radius 1 is 0.970 bits per heavy atom. The van der Waals surface area contributed by atoms with Crippen LogP contribution in [0.3, 0.4) is 0 Å². The van der Waals surface area contributed by atoms with E-state index in [0.29, 0.717) is 30.3 Å². The van der Waals surface area contributed by atoms with Crippen molar-refractivity contribution >= 4 is 29.4 Å². The van der Waals surface area contributed by atoms with E-state index in [9.17, 15) is 19.2 Å². The van der Waals surface area contributed by atoms with Gasteiger partial charge in [0.2, 0.25) is 11.8 Å². The standard InChI is InChI=1S/C25H33N3O5/c1-3-33-25(32)19-4-6-20(7-5-19)28-22(29)16-21(24(28)31)26-14-10-18(11-15-26)23(30)27-12-8-17(2)9-13-27/h4-7,17-18,21H,3,8-16H2,1-2H3/t21-/m1/s1. The lowest BCUT2D eigenvalue weighted by Crippen LogP contribution is -2.49. The van der Waals surface area contributed by atoms with Crippen LogP contribution in [0.15, 0.2) is 24.3 Å². The lowest BCUT2D eigenvalue weighted by molar-refractivity contribution is -0.138. The molecule has 1 aromatic carbocycles. The monoisotopic (exact) mass is 455 g/mol. The molecular weight excluding hydrogens is 422 g/mol.